The van der Waals surface area contributed by atoms with Crippen LogP contribution in [0.25, 0.3) is 0 Å². The lowest BCUT2D eigenvalue weighted by molar-refractivity contribution is -0.132. The molecule has 0 unspecified atom stereocenters. The van der Waals surface area contributed by atoms with Gasteiger partial charge in [-0.1, -0.05) is 6.07 Å². The van der Waals surface area contributed by atoms with Crippen LogP contribution in [0.2, 0.25) is 0 Å². The second-order valence-electron chi connectivity index (χ2n) is 6.47. The van der Waals surface area contributed by atoms with Crippen LogP contribution in [0, 0.1) is 0 Å². The highest BCUT2D eigenvalue weighted by atomic mass is 32.1. The van der Waals surface area contributed by atoms with Gasteiger partial charge in [-0.25, -0.2) is 0 Å². The van der Waals surface area contributed by atoms with E-state index in [2.05, 4.69) is 16.8 Å². The van der Waals surface area contributed by atoms with Gasteiger partial charge in [0.1, 0.15) is 0 Å². The monoisotopic (exact) mass is 374 g/mol. The van der Waals surface area contributed by atoms with E-state index < -0.39 is 0 Å². The number of rotatable bonds is 7. The SMILES string of the molecule is COc1ccc(N[C@H]2CCCN(C(=O)CCc3cccs3)C2)cc1OC. The lowest BCUT2D eigenvalue weighted by Gasteiger charge is -2.34. The number of piperidine rings is 1. The first-order valence-electron chi connectivity index (χ1n) is 8.98. The van der Waals surface area contributed by atoms with Gasteiger partial charge in [-0.2, -0.15) is 0 Å². The standard InChI is InChI=1S/C20H26N2O3S/c1-24-18-9-7-15(13-19(18)25-2)21-16-5-3-11-22(14-16)20(23)10-8-17-6-4-12-26-17/h4,6-7,9,12-13,16,21H,3,5,8,10-11,14H2,1-2H3/t16-/m0/s1. The van der Waals surface area contributed by atoms with E-state index in [4.69, 9.17) is 9.47 Å². The number of methoxy groups -OCH3 is 2. The molecule has 1 N–H and O–H groups in total. The Morgan fingerprint density at radius 2 is 2.12 bits per heavy atom. The van der Waals surface area contributed by atoms with Gasteiger partial charge in [-0.05, 0) is 42.8 Å². The Bertz CT molecular complexity index is 718. The van der Waals surface area contributed by atoms with Gasteiger partial charge in [0.05, 0.1) is 14.2 Å². The average Bonchev–Trinajstić information content (AvgIpc) is 3.20. The molecule has 1 aliphatic heterocycles. The first-order chi connectivity index (χ1) is 12.7. The van der Waals surface area contributed by atoms with Crippen molar-refractivity contribution in [2.45, 2.75) is 31.7 Å². The predicted octanol–water partition coefficient (Wildman–Crippen LogP) is 3.80. The zero-order chi connectivity index (χ0) is 18.4. The lowest BCUT2D eigenvalue weighted by Crippen LogP contribution is -2.45. The molecule has 1 amide bonds. The highest BCUT2D eigenvalue weighted by molar-refractivity contribution is 7.09. The smallest absolute Gasteiger partial charge is 0.223 e. The number of carbonyl (C=O) groups excluding carboxylic acids is 1. The Kier molecular flexibility index (Phi) is 6.39. The number of likely N-dealkylation sites (tertiary alicyclic amines) is 1. The third-order valence-corrected chi connectivity index (χ3v) is 5.63. The van der Waals surface area contributed by atoms with E-state index in [1.807, 2.05) is 29.2 Å². The van der Waals surface area contributed by atoms with E-state index >= 15 is 0 Å². The number of nitrogens with zero attached hydrogens (tertiary/aromatic N) is 1. The number of hydrogen-bond donors (Lipinski definition) is 1. The largest absolute Gasteiger partial charge is 0.493 e. The number of thiophene rings is 1. The molecule has 0 bridgehead atoms. The molecule has 2 heterocycles. The molecule has 26 heavy (non-hydrogen) atoms. The fraction of sp³-hybridized carbons (Fsp3) is 0.450. The van der Waals surface area contributed by atoms with Crippen LogP contribution in [0.1, 0.15) is 24.1 Å². The highest BCUT2D eigenvalue weighted by Gasteiger charge is 2.23. The van der Waals surface area contributed by atoms with Gasteiger partial charge in [0.25, 0.3) is 0 Å². The summed E-state index contributed by atoms with van der Waals surface area (Å²) in [4.78, 5) is 15.8. The molecule has 1 aromatic heterocycles. The van der Waals surface area contributed by atoms with E-state index in [0.717, 1.165) is 38.0 Å². The molecule has 0 spiro atoms. The molecule has 0 saturated carbocycles. The van der Waals surface area contributed by atoms with Crippen LogP contribution in [0.4, 0.5) is 5.69 Å². The quantitative estimate of drug-likeness (QED) is 0.801. The Morgan fingerprint density at radius 1 is 1.27 bits per heavy atom. The van der Waals surface area contributed by atoms with E-state index in [1.165, 1.54) is 4.88 Å². The van der Waals surface area contributed by atoms with Crippen molar-refractivity contribution in [3.05, 3.63) is 40.6 Å². The first-order valence-corrected chi connectivity index (χ1v) is 9.86. The summed E-state index contributed by atoms with van der Waals surface area (Å²) in [5.41, 5.74) is 0.987. The van der Waals surface area contributed by atoms with Crippen molar-refractivity contribution in [3.8, 4) is 11.5 Å². The molecule has 3 rings (SSSR count). The third-order valence-electron chi connectivity index (χ3n) is 4.69. The van der Waals surface area contributed by atoms with Crippen LogP contribution in [0.5, 0.6) is 11.5 Å². The van der Waals surface area contributed by atoms with Crippen molar-refractivity contribution in [2.24, 2.45) is 0 Å². The summed E-state index contributed by atoms with van der Waals surface area (Å²) in [5, 5.41) is 5.59. The summed E-state index contributed by atoms with van der Waals surface area (Å²) in [5.74, 6) is 1.67. The van der Waals surface area contributed by atoms with E-state index in [-0.39, 0.29) is 11.9 Å². The number of benzene rings is 1. The van der Waals surface area contributed by atoms with E-state index in [9.17, 15) is 4.79 Å². The summed E-state index contributed by atoms with van der Waals surface area (Å²) in [6.07, 6.45) is 3.50. The van der Waals surface area contributed by atoms with E-state index in [1.54, 1.807) is 25.6 Å². The van der Waals surface area contributed by atoms with Crippen LogP contribution in [-0.2, 0) is 11.2 Å². The Balaban J connectivity index is 1.55. The number of nitrogens with one attached hydrogen (secondary N) is 1. The summed E-state index contributed by atoms with van der Waals surface area (Å²) in [7, 11) is 3.27. The van der Waals surface area contributed by atoms with Crippen LogP contribution >= 0.6 is 11.3 Å². The second-order valence-corrected chi connectivity index (χ2v) is 7.50. The molecule has 1 fully saturated rings. The molecule has 5 nitrogen and oxygen atoms in total. The predicted molar refractivity (Wildman–Crippen MR) is 105 cm³/mol. The Morgan fingerprint density at radius 3 is 2.85 bits per heavy atom. The average molecular weight is 375 g/mol. The Labute approximate surface area is 158 Å². The van der Waals surface area contributed by atoms with Crippen molar-refractivity contribution < 1.29 is 14.3 Å². The topological polar surface area (TPSA) is 50.8 Å². The maximum Gasteiger partial charge on any atom is 0.223 e. The molecule has 1 aromatic carbocycles. The molecule has 6 heteroatoms. The van der Waals surface area contributed by atoms with Crippen molar-refractivity contribution in [1.82, 2.24) is 4.90 Å². The third kappa shape index (κ3) is 4.69. The normalized spacial score (nSPS) is 17.0. The zero-order valence-corrected chi connectivity index (χ0v) is 16.2. The van der Waals surface area contributed by atoms with Gasteiger partial charge >= 0.3 is 0 Å². The van der Waals surface area contributed by atoms with Gasteiger partial charge in [0, 0.05) is 42.2 Å². The number of carbonyl (C=O) groups is 1. The number of anilines is 1. The minimum atomic E-state index is 0.247. The number of hydrogen-bond acceptors (Lipinski definition) is 5. The summed E-state index contributed by atoms with van der Waals surface area (Å²) < 4.78 is 10.6. The van der Waals surface area contributed by atoms with Crippen molar-refractivity contribution in [2.75, 3.05) is 32.6 Å². The second kappa shape index (κ2) is 8.94. The number of ether oxygens (including phenoxy) is 2. The lowest BCUT2D eigenvalue weighted by atomic mass is 10.0. The van der Waals surface area contributed by atoms with Gasteiger partial charge in [-0.3, -0.25) is 4.79 Å². The van der Waals surface area contributed by atoms with Gasteiger partial charge in [-0.15, -0.1) is 11.3 Å². The number of amides is 1. The fourth-order valence-corrected chi connectivity index (χ4v) is 4.04. The van der Waals surface area contributed by atoms with Gasteiger partial charge in [0.15, 0.2) is 11.5 Å². The molecule has 1 aliphatic rings. The molecule has 0 aliphatic carbocycles. The molecular formula is C20H26N2O3S. The molecule has 140 valence electrons. The van der Waals surface area contributed by atoms with Crippen LogP contribution in [0.3, 0.4) is 0 Å². The van der Waals surface area contributed by atoms with Crippen LogP contribution in [-0.4, -0.2) is 44.2 Å². The minimum Gasteiger partial charge on any atom is -0.493 e. The molecule has 2 aromatic rings. The molecule has 0 radical (unpaired) electrons. The van der Waals surface area contributed by atoms with Gasteiger partial charge < -0.3 is 19.7 Å². The number of aryl methyl sites for hydroxylation is 1. The first kappa shape index (κ1) is 18.6. The van der Waals surface area contributed by atoms with Crippen molar-refractivity contribution in [3.63, 3.8) is 0 Å². The minimum absolute atomic E-state index is 0.247. The maximum absolute atomic E-state index is 12.5. The summed E-state index contributed by atoms with van der Waals surface area (Å²) in [6.45, 7) is 1.60. The van der Waals surface area contributed by atoms with E-state index in [0.29, 0.717) is 17.9 Å². The fourth-order valence-electron chi connectivity index (χ4n) is 3.33. The van der Waals surface area contributed by atoms with Crippen LogP contribution in [0.15, 0.2) is 35.7 Å². The van der Waals surface area contributed by atoms with Crippen molar-refractivity contribution in [1.29, 1.82) is 0 Å². The maximum atomic E-state index is 12.5. The Hall–Kier alpha value is -2.21. The van der Waals surface area contributed by atoms with Crippen LogP contribution < -0.4 is 14.8 Å². The molecular weight excluding hydrogens is 348 g/mol. The van der Waals surface area contributed by atoms with Crippen molar-refractivity contribution >= 4 is 22.9 Å². The zero-order valence-electron chi connectivity index (χ0n) is 15.4. The highest BCUT2D eigenvalue weighted by Crippen LogP contribution is 2.30. The summed E-state index contributed by atoms with van der Waals surface area (Å²) in [6, 6.07) is 10.2. The summed E-state index contributed by atoms with van der Waals surface area (Å²) >= 11 is 1.72. The molecule has 1 atom stereocenters. The molecule has 1 saturated heterocycles. The van der Waals surface area contributed by atoms with Gasteiger partial charge in [0.2, 0.25) is 5.91 Å².